The second kappa shape index (κ2) is 7.94. The van der Waals surface area contributed by atoms with Gasteiger partial charge in [0.25, 0.3) is 0 Å². The minimum atomic E-state index is 0.540. The number of rotatable bonds is 4. The highest BCUT2D eigenvalue weighted by Gasteiger charge is 2.38. The Morgan fingerprint density at radius 1 is 0.892 bits per heavy atom. The van der Waals surface area contributed by atoms with Gasteiger partial charge in [-0.1, -0.05) is 12.1 Å². The Balaban J connectivity index is 1.30. The van der Waals surface area contributed by atoms with Crippen LogP contribution in [0.25, 0.3) is 50.2 Å². The van der Waals surface area contributed by atoms with Gasteiger partial charge in [-0.05, 0) is 48.4 Å². The maximum atomic E-state index is 5.11. The van der Waals surface area contributed by atoms with Crippen molar-refractivity contribution in [3.63, 3.8) is 0 Å². The Kier molecular flexibility index (Phi) is 4.41. The first kappa shape index (κ1) is 20.6. The number of hydrogen-bond donors (Lipinski definition) is 2. The monoisotopic (exact) mass is 485 g/mol. The highest BCUT2D eigenvalue weighted by atomic mass is 15.3. The van der Waals surface area contributed by atoms with Crippen LogP contribution in [0.2, 0.25) is 0 Å². The molecule has 6 aromatic rings. The number of benzene rings is 1. The Labute approximate surface area is 212 Å². The number of pyridine rings is 2. The molecule has 1 aromatic carbocycles. The number of aromatic amines is 1. The average Bonchev–Trinajstić information content (AvgIpc) is 3.76. The Bertz CT molecular complexity index is 1750. The van der Waals surface area contributed by atoms with Crippen molar-refractivity contribution in [2.45, 2.75) is 18.5 Å². The van der Waals surface area contributed by atoms with E-state index in [2.05, 4.69) is 43.6 Å². The van der Waals surface area contributed by atoms with Crippen molar-refractivity contribution in [3.8, 4) is 33.6 Å². The summed E-state index contributed by atoms with van der Waals surface area (Å²) in [6.45, 7) is 2.06. The molecule has 180 valence electrons. The fourth-order valence-electron chi connectivity index (χ4n) is 5.86. The summed E-state index contributed by atoms with van der Waals surface area (Å²) in [6, 6.07) is 17.5. The molecule has 9 nitrogen and oxygen atoms in total. The van der Waals surface area contributed by atoms with E-state index in [1.165, 1.54) is 6.42 Å². The van der Waals surface area contributed by atoms with Gasteiger partial charge in [0.05, 0.1) is 23.0 Å². The molecule has 0 radical (unpaired) electrons. The number of hydrogen-bond acceptors (Lipinski definition) is 7. The minimum Gasteiger partial charge on any atom is -0.351 e. The van der Waals surface area contributed by atoms with Crippen LogP contribution < -0.4 is 10.2 Å². The molecule has 2 bridgehead atoms. The number of nitrogens with one attached hydrogen (secondary N) is 2. The zero-order chi connectivity index (χ0) is 24.3. The van der Waals surface area contributed by atoms with Crippen LogP contribution in [0.3, 0.4) is 0 Å². The lowest BCUT2D eigenvalue weighted by molar-refractivity contribution is 0.576. The van der Waals surface area contributed by atoms with Crippen LogP contribution in [0, 0.1) is 0 Å². The summed E-state index contributed by atoms with van der Waals surface area (Å²) < 4.78 is 1.93. The van der Waals surface area contributed by atoms with Crippen molar-refractivity contribution in [3.05, 3.63) is 79.5 Å². The molecule has 0 aliphatic carbocycles. The number of aromatic nitrogens is 7. The molecule has 2 aliphatic heterocycles. The molecule has 0 saturated carbocycles. The van der Waals surface area contributed by atoms with Crippen molar-refractivity contribution in [2.75, 3.05) is 18.0 Å². The molecule has 2 unspecified atom stereocenters. The Morgan fingerprint density at radius 3 is 2.65 bits per heavy atom. The minimum absolute atomic E-state index is 0.540. The first-order valence-electron chi connectivity index (χ1n) is 12.5. The van der Waals surface area contributed by atoms with Crippen LogP contribution in [0.5, 0.6) is 0 Å². The van der Waals surface area contributed by atoms with Crippen molar-refractivity contribution < 1.29 is 0 Å². The SMILES string of the molecule is c1cc(-c2c(-c3ccncc3)nn3c(-c4ccc(N5CC6CC5CN6)nc4)ccnc23)c2cn[nH]c2c1. The second-order valence-corrected chi connectivity index (χ2v) is 9.71. The lowest BCUT2D eigenvalue weighted by Gasteiger charge is -2.28. The summed E-state index contributed by atoms with van der Waals surface area (Å²) in [7, 11) is 0. The summed E-state index contributed by atoms with van der Waals surface area (Å²) in [6.07, 6.45) is 10.4. The molecule has 5 aromatic heterocycles. The van der Waals surface area contributed by atoms with Crippen LogP contribution in [0.1, 0.15) is 6.42 Å². The normalized spacial score (nSPS) is 18.9. The van der Waals surface area contributed by atoms with Gasteiger partial charge in [0.1, 0.15) is 11.5 Å². The molecule has 2 atom stereocenters. The fraction of sp³-hybridized carbons (Fsp3) is 0.179. The fourth-order valence-corrected chi connectivity index (χ4v) is 5.86. The maximum absolute atomic E-state index is 5.11. The topological polar surface area (TPSA) is 99.9 Å². The summed E-state index contributed by atoms with van der Waals surface area (Å²) in [5.74, 6) is 1.04. The van der Waals surface area contributed by atoms with E-state index in [1.54, 1.807) is 12.4 Å². The van der Waals surface area contributed by atoms with Gasteiger partial charge in [-0.3, -0.25) is 10.1 Å². The van der Waals surface area contributed by atoms with Gasteiger partial charge in [-0.25, -0.2) is 14.5 Å². The molecule has 0 amide bonds. The molecule has 2 aliphatic rings. The van der Waals surface area contributed by atoms with E-state index >= 15 is 0 Å². The molecule has 2 fully saturated rings. The molecule has 8 rings (SSSR count). The van der Waals surface area contributed by atoms with Crippen LogP contribution in [-0.2, 0) is 0 Å². The van der Waals surface area contributed by atoms with Crippen LogP contribution in [-0.4, -0.2) is 59.9 Å². The van der Waals surface area contributed by atoms with Crippen molar-refractivity contribution in [1.82, 2.24) is 40.1 Å². The molecule has 2 N–H and O–H groups in total. The largest absolute Gasteiger partial charge is 0.351 e. The van der Waals surface area contributed by atoms with Gasteiger partial charge in [-0.2, -0.15) is 10.2 Å². The number of fused-ring (bicyclic) bond motifs is 4. The van der Waals surface area contributed by atoms with Crippen LogP contribution >= 0.6 is 0 Å². The maximum Gasteiger partial charge on any atom is 0.164 e. The predicted octanol–water partition coefficient (Wildman–Crippen LogP) is 3.95. The summed E-state index contributed by atoms with van der Waals surface area (Å²) in [4.78, 5) is 16.3. The average molecular weight is 486 g/mol. The van der Waals surface area contributed by atoms with E-state index in [0.29, 0.717) is 12.1 Å². The van der Waals surface area contributed by atoms with E-state index in [9.17, 15) is 0 Å². The zero-order valence-corrected chi connectivity index (χ0v) is 19.9. The smallest absolute Gasteiger partial charge is 0.164 e. The summed E-state index contributed by atoms with van der Waals surface area (Å²) in [5, 5.41) is 17.1. The standard InChI is InChI=1S/C28H23N9/c1-2-21(22-15-33-34-23(22)3-1)26-27(17-6-9-29-10-7-17)35-37-24(8-11-30-28(26)37)18-4-5-25(32-13-18)36-16-19-12-20(36)14-31-19/h1-11,13,15,19-20,31H,12,14,16H2,(H,33,34). The molecular formula is C28H23N9. The molecule has 0 spiro atoms. The molecule has 7 heterocycles. The van der Waals surface area contributed by atoms with Gasteiger partial charge in [0, 0.05) is 66.5 Å². The van der Waals surface area contributed by atoms with Gasteiger partial charge < -0.3 is 10.2 Å². The van der Waals surface area contributed by atoms with E-state index in [1.807, 2.05) is 53.4 Å². The van der Waals surface area contributed by atoms with E-state index in [0.717, 1.165) is 69.1 Å². The molecule has 9 heteroatoms. The second-order valence-electron chi connectivity index (χ2n) is 9.71. The van der Waals surface area contributed by atoms with Gasteiger partial charge >= 0.3 is 0 Å². The number of H-pyrrole nitrogens is 1. The van der Waals surface area contributed by atoms with Crippen molar-refractivity contribution in [2.24, 2.45) is 0 Å². The third-order valence-corrected chi connectivity index (χ3v) is 7.62. The van der Waals surface area contributed by atoms with Crippen molar-refractivity contribution >= 4 is 22.4 Å². The summed E-state index contributed by atoms with van der Waals surface area (Å²) >= 11 is 0. The third kappa shape index (κ3) is 3.17. The highest BCUT2D eigenvalue weighted by Crippen LogP contribution is 2.39. The predicted molar refractivity (Wildman–Crippen MR) is 142 cm³/mol. The van der Waals surface area contributed by atoms with Gasteiger partial charge in [-0.15, -0.1) is 0 Å². The lowest BCUT2D eigenvalue weighted by Crippen LogP contribution is -2.43. The molecular weight excluding hydrogens is 462 g/mol. The molecule has 37 heavy (non-hydrogen) atoms. The Morgan fingerprint density at radius 2 is 1.84 bits per heavy atom. The molecule has 2 saturated heterocycles. The third-order valence-electron chi connectivity index (χ3n) is 7.62. The first-order chi connectivity index (χ1) is 18.3. The van der Waals surface area contributed by atoms with Crippen LogP contribution in [0.4, 0.5) is 5.82 Å². The van der Waals surface area contributed by atoms with Gasteiger partial charge in [0.2, 0.25) is 0 Å². The number of piperazine rings is 1. The van der Waals surface area contributed by atoms with Gasteiger partial charge in [0.15, 0.2) is 5.65 Å². The van der Waals surface area contributed by atoms with E-state index < -0.39 is 0 Å². The van der Waals surface area contributed by atoms with E-state index in [-0.39, 0.29) is 0 Å². The summed E-state index contributed by atoms with van der Waals surface area (Å²) in [5.41, 5.74) is 7.51. The highest BCUT2D eigenvalue weighted by molar-refractivity contribution is 6.02. The van der Waals surface area contributed by atoms with Crippen LogP contribution in [0.15, 0.2) is 79.5 Å². The quantitative estimate of drug-likeness (QED) is 0.390. The first-order valence-corrected chi connectivity index (χ1v) is 12.5. The number of nitrogens with zero attached hydrogens (tertiary/aromatic N) is 7. The Hall–Kier alpha value is -4.63. The van der Waals surface area contributed by atoms with Crippen molar-refractivity contribution in [1.29, 1.82) is 0 Å². The zero-order valence-electron chi connectivity index (χ0n) is 19.9. The van der Waals surface area contributed by atoms with E-state index in [4.69, 9.17) is 15.1 Å². The lowest BCUT2D eigenvalue weighted by atomic mass is 9.99. The number of anilines is 1.